The Morgan fingerprint density at radius 2 is 2.20 bits per heavy atom. The fraction of sp³-hybridized carbons (Fsp3) is 0.938. The Morgan fingerprint density at radius 1 is 1.35 bits per heavy atom. The minimum atomic E-state index is 0.273. The number of carbonyl (C=O) groups excluding carboxylic acids is 1. The number of amides is 1. The molecule has 1 aliphatic carbocycles. The monoisotopic (exact) mass is 298 g/mol. The van der Waals surface area contributed by atoms with Gasteiger partial charge < -0.3 is 10.6 Å². The highest BCUT2D eigenvalue weighted by molar-refractivity contribution is 7.99. The summed E-state index contributed by atoms with van der Waals surface area (Å²) in [6.45, 7) is 4.48. The van der Waals surface area contributed by atoms with Crippen LogP contribution in [-0.4, -0.2) is 36.5 Å². The van der Waals surface area contributed by atoms with Crippen molar-refractivity contribution in [1.29, 1.82) is 0 Å². The largest absolute Gasteiger partial charge is 0.353 e. The summed E-state index contributed by atoms with van der Waals surface area (Å²) in [5.41, 5.74) is 0. The number of hydrogen-bond acceptors (Lipinski definition) is 3. The van der Waals surface area contributed by atoms with Crippen molar-refractivity contribution >= 4 is 17.7 Å². The Balaban J connectivity index is 1.71. The van der Waals surface area contributed by atoms with Crippen molar-refractivity contribution in [2.45, 2.75) is 63.2 Å². The summed E-state index contributed by atoms with van der Waals surface area (Å²) < 4.78 is 0. The molecule has 3 nitrogen and oxygen atoms in total. The first-order chi connectivity index (χ1) is 9.69. The van der Waals surface area contributed by atoms with E-state index < -0.39 is 0 Å². The van der Waals surface area contributed by atoms with Gasteiger partial charge in [-0.05, 0) is 63.3 Å². The van der Waals surface area contributed by atoms with E-state index in [4.69, 9.17) is 0 Å². The molecule has 1 amide bonds. The SMILES string of the molecule is CSC1CCCC(NC(=O)CC(C)C2CCCNC2)C1. The van der Waals surface area contributed by atoms with Crippen LogP contribution in [0.4, 0.5) is 0 Å². The number of hydrogen-bond donors (Lipinski definition) is 2. The fourth-order valence-electron chi connectivity index (χ4n) is 3.60. The van der Waals surface area contributed by atoms with E-state index >= 15 is 0 Å². The molecule has 0 bridgehead atoms. The molecule has 2 fully saturated rings. The van der Waals surface area contributed by atoms with E-state index in [2.05, 4.69) is 23.8 Å². The smallest absolute Gasteiger partial charge is 0.220 e. The van der Waals surface area contributed by atoms with Crippen molar-refractivity contribution in [2.24, 2.45) is 11.8 Å². The van der Waals surface area contributed by atoms with Gasteiger partial charge in [-0.25, -0.2) is 0 Å². The first-order valence-electron chi connectivity index (χ1n) is 8.22. The van der Waals surface area contributed by atoms with E-state index in [9.17, 15) is 4.79 Å². The Morgan fingerprint density at radius 3 is 2.90 bits per heavy atom. The van der Waals surface area contributed by atoms with Crippen LogP contribution in [-0.2, 0) is 4.79 Å². The molecular weight excluding hydrogens is 268 g/mol. The average Bonchev–Trinajstić information content (AvgIpc) is 2.48. The molecule has 1 heterocycles. The van der Waals surface area contributed by atoms with Crippen LogP contribution in [0.2, 0.25) is 0 Å². The van der Waals surface area contributed by atoms with Crippen LogP contribution in [0.1, 0.15) is 51.9 Å². The lowest BCUT2D eigenvalue weighted by Crippen LogP contribution is -2.41. The van der Waals surface area contributed by atoms with E-state index in [1.54, 1.807) is 0 Å². The van der Waals surface area contributed by atoms with Crippen LogP contribution in [0, 0.1) is 11.8 Å². The number of rotatable bonds is 5. The summed E-state index contributed by atoms with van der Waals surface area (Å²) in [7, 11) is 0. The third-order valence-corrected chi connectivity index (χ3v) is 6.07. The number of piperidine rings is 1. The normalized spacial score (nSPS) is 32.6. The molecule has 0 aromatic rings. The molecule has 4 unspecified atom stereocenters. The van der Waals surface area contributed by atoms with E-state index in [1.165, 1.54) is 32.1 Å². The lowest BCUT2D eigenvalue weighted by Gasteiger charge is -2.31. The van der Waals surface area contributed by atoms with Gasteiger partial charge in [0.2, 0.25) is 5.91 Å². The van der Waals surface area contributed by atoms with Gasteiger partial charge in [0, 0.05) is 17.7 Å². The second-order valence-corrected chi connectivity index (χ2v) is 7.71. The van der Waals surface area contributed by atoms with Crippen LogP contribution < -0.4 is 10.6 Å². The zero-order valence-electron chi connectivity index (χ0n) is 13.0. The van der Waals surface area contributed by atoms with Gasteiger partial charge >= 0.3 is 0 Å². The summed E-state index contributed by atoms with van der Waals surface area (Å²) in [5.74, 6) is 1.46. The highest BCUT2D eigenvalue weighted by Gasteiger charge is 2.25. The Labute approximate surface area is 128 Å². The van der Waals surface area contributed by atoms with Crippen molar-refractivity contribution in [3.63, 3.8) is 0 Å². The molecule has 2 rings (SSSR count). The standard InChI is InChI=1S/C16H30N2OS/c1-12(13-5-4-8-17-11-13)9-16(19)18-14-6-3-7-15(10-14)20-2/h12-15,17H,3-11H2,1-2H3,(H,18,19). The molecule has 2 aliphatic rings. The summed E-state index contributed by atoms with van der Waals surface area (Å²) in [4.78, 5) is 12.2. The zero-order chi connectivity index (χ0) is 14.4. The molecule has 1 saturated heterocycles. The Kier molecular flexibility index (Phi) is 6.69. The number of nitrogens with one attached hydrogen (secondary N) is 2. The molecular formula is C16H30N2OS. The van der Waals surface area contributed by atoms with Crippen molar-refractivity contribution in [3.05, 3.63) is 0 Å². The predicted molar refractivity (Wildman–Crippen MR) is 87.1 cm³/mol. The minimum Gasteiger partial charge on any atom is -0.353 e. The van der Waals surface area contributed by atoms with Crippen LogP contribution >= 0.6 is 11.8 Å². The van der Waals surface area contributed by atoms with Crippen molar-refractivity contribution in [2.75, 3.05) is 19.3 Å². The maximum atomic E-state index is 12.2. The highest BCUT2D eigenvalue weighted by atomic mass is 32.2. The van der Waals surface area contributed by atoms with Gasteiger partial charge in [-0.2, -0.15) is 11.8 Å². The van der Waals surface area contributed by atoms with Gasteiger partial charge in [-0.1, -0.05) is 13.3 Å². The van der Waals surface area contributed by atoms with Gasteiger partial charge in [0.05, 0.1) is 0 Å². The van der Waals surface area contributed by atoms with Crippen molar-refractivity contribution in [3.8, 4) is 0 Å². The molecule has 1 aliphatic heterocycles. The van der Waals surface area contributed by atoms with Gasteiger partial charge in [-0.3, -0.25) is 4.79 Å². The zero-order valence-corrected chi connectivity index (χ0v) is 13.8. The lowest BCUT2D eigenvalue weighted by molar-refractivity contribution is -0.123. The predicted octanol–water partition coefficient (Wildman–Crippen LogP) is 2.80. The third kappa shape index (κ3) is 4.96. The summed E-state index contributed by atoms with van der Waals surface area (Å²) in [5, 5.41) is 7.47. The third-order valence-electron chi connectivity index (χ3n) is 4.97. The molecule has 20 heavy (non-hydrogen) atoms. The van der Waals surface area contributed by atoms with E-state index in [1.807, 2.05) is 11.8 Å². The molecule has 0 radical (unpaired) electrons. The van der Waals surface area contributed by atoms with Crippen LogP contribution in [0.25, 0.3) is 0 Å². The first-order valence-corrected chi connectivity index (χ1v) is 9.50. The van der Waals surface area contributed by atoms with Gasteiger partial charge in [0.15, 0.2) is 0 Å². The number of thioether (sulfide) groups is 1. The molecule has 0 aromatic carbocycles. The van der Waals surface area contributed by atoms with E-state index in [-0.39, 0.29) is 5.91 Å². The van der Waals surface area contributed by atoms with E-state index in [0.717, 1.165) is 24.8 Å². The molecule has 116 valence electrons. The summed E-state index contributed by atoms with van der Waals surface area (Å²) >= 11 is 1.95. The maximum Gasteiger partial charge on any atom is 0.220 e. The summed E-state index contributed by atoms with van der Waals surface area (Å²) in [6, 6.07) is 0.422. The molecule has 2 N–H and O–H groups in total. The second kappa shape index (κ2) is 8.28. The van der Waals surface area contributed by atoms with Crippen molar-refractivity contribution < 1.29 is 4.79 Å². The minimum absolute atomic E-state index is 0.273. The first kappa shape index (κ1) is 16.2. The number of carbonyl (C=O) groups is 1. The van der Waals surface area contributed by atoms with Gasteiger partial charge in [0.1, 0.15) is 0 Å². The fourth-order valence-corrected chi connectivity index (χ4v) is 4.43. The lowest BCUT2D eigenvalue weighted by atomic mass is 9.85. The Hall–Kier alpha value is -0.220. The molecule has 1 saturated carbocycles. The van der Waals surface area contributed by atoms with Crippen LogP contribution in [0.5, 0.6) is 0 Å². The topological polar surface area (TPSA) is 41.1 Å². The molecule has 4 atom stereocenters. The van der Waals surface area contributed by atoms with Crippen LogP contribution in [0.15, 0.2) is 0 Å². The Bertz CT molecular complexity index is 299. The van der Waals surface area contributed by atoms with Gasteiger partial charge in [-0.15, -0.1) is 0 Å². The maximum absolute atomic E-state index is 12.2. The second-order valence-electron chi connectivity index (χ2n) is 6.58. The molecule has 0 aromatic heterocycles. The van der Waals surface area contributed by atoms with Crippen molar-refractivity contribution in [1.82, 2.24) is 10.6 Å². The average molecular weight is 298 g/mol. The van der Waals surface area contributed by atoms with Gasteiger partial charge in [0.25, 0.3) is 0 Å². The quantitative estimate of drug-likeness (QED) is 0.820. The van der Waals surface area contributed by atoms with Crippen LogP contribution in [0.3, 0.4) is 0 Å². The molecule has 4 heteroatoms. The van der Waals surface area contributed by atoms with E-state index in [0.29, 0.717) is 24.3 Å². The highest BCUT2D eigenvalue weighted by Crippen LogP contribution is 2.27. The summed E-state index contributed by atoms with van der Waals surface area (Å²) in [6.07, 6.45) is 10.3. The molecule has 0 spiro atoms.